The van der Waals surface area contributed by atoms with Gasteiger partial charge in [0.25, 0.3) is 5.69 Å². The minimum atomic E-state index is -0.519. The molecule has 0 aliphatic rings. The van der Waals surface area contributed by atoms with Gasteiger partial charge in [-0.2, -0.15) is 0 Å². The number of amides is 3. The van der Waals surface area contributed by atoms with Gasteiger partial charge in [-0.25, -0.2) is 9.78 Å². The molecule has 0 saturated carbocycles. The first-order valence-electron chi connectivity index (χ1n) is 7.17. The van der Waals surface area contributed by atoms with Gasteiger partial charge in [0.2, 0.25) is 5.91 Å². The van der Waals surface area contributed by atoms with Gasteiger partial charge in [0.1, 0.15) is 0 Å². The zero-order valence-electron chi connectivity index (χ0n) is 13.1. The molecule has 3 amide bonds. The summed E-state index contributed by atoms with van der Waals surface area (Å²) in [7, 11) is 0. The number of fused-ring (bicyclic) bond motifs is 1. The predicted molar refractivity (Wildman–Crippen MR) is 93.4 cm³/mol. The largest absolute Gasteiger partial charge is 0.335 e. The van der Waals surface area contributed by atoms with E-state index in [9.17, 15) is 19.7 Å². The zero-order chi connectivity index (χ0) is 17.7. The minimum absolute atomic E-state index is 0.00200. The van der Waals surface area contributed by atoms with Crippen LogP contribution in [-0.2, 0) is 4.79 Å². The van der Waals surface area contributed by atoms with Crippen molar-refractivity contribution < 1.29 is 14.5 Å². The molecule has 0 unspecified atom stereocenters. The Morgan fingerprint density at radius 3 is 2.88 bits per heavy atom. The fourth-order valence-corrected chi connectivity index (χ4v) is 3.62. The molecule has 0 fully saturated rings. The third-order valence-corrected chi connectivity index (χ3v) is 5.29. The van der Waals surface area contributed by atoms with Gasteiger partial charge in [-0.3, -0.25) is 20.2 Å². The van der Waals surface area contributed by atoms with Crippen LogP contribution in [0.5, 0.6) is 0 Å². The van der Waals surface area contributed by atoms with Crippen molar-refractivity contribution in [3.8, 4) is 0 Å². The number of nitrogens with one attached hydrogen (secondary N) is 2. The molecule has 1 atom stereocenters. The van der Waals surface area contributed by atoms with Gasteiger partial charge in [-0.15, -0.1) is 11.3 Å². The summed E-state index contributed by atoms with van der Waals surface area (Å²) in [6, 6.07) is 3.90. The highest BCUT2D eigenvalue weighted by Gasteiger charge is 2.13. The van der Waals surface area contributed by atoms with Crippen LogP contribution in [0.1, 0.15) is 20.3 Å². The van der Waals surface area contributed by atoms with Crippen molar-refractivity contribution in [2.45, 2.75) is 30.6 Å². The molecule has 0 bridgehead atoms. The van der Waals surface area contributed by atoms with E-state index in [1.54, 1.807) is 6.07 Å². The Kier molecular flexibility index (Phi) is 6.10. The Morgan fingerprint density at radius 1 is 1.46 bits per heavy atom. The summed E-state index contributed by atoms with van der Waals surface area (Å²) in [4.78, 5) is 37.9. The lowest BCUT2D eigenvalue weighted by Crippen LogP contribution is -2.43. The van der Waals surface area contributed by atoms with Gasteiger partial charge in [-0.05, 0) is 19.4 Å². The summed E-state index contributed by atoms with van der Waals surface area (Å²) < 4.78 is 1.30. The van der Waals surface area contributed by atoms with Crippen LogP contribution in [0.3, 0.4) is 0 Å². The Labute approximate surface area is 146 Å². The number of thioether (sulfide) groups is 1. The van der Waals surface area contributed by atoms with Crippen molar-refractivity contribution in [3.63, 3.8) is 0 Å². The first-order chi connectivity index (χ1) is 11.4. The van der Waals surface area contributed by atoms with Crippen molar-refractivity contribution >= 4 is 50.9 Å². The number of carbonyl (C=O) groups excluding carboxylic acids is 2. The van der Waals surface area contributed by atoms with E-state index < -0.39 is 16.9 Å². The van der Waals surface area contributed by atoms with Gasteiger partial charge in [0, 0.05) is 18.2 Å². The lowest BCUT2D eigenvalue weighted by Gasteiger charge is -2.11. The van der Waals surface area contributed by atoms with Crippen LogP contribution in [0.4, 0.5) is 10.5 Å². The average molecular weight is 368 g/mol. The molecule has 10 heteroatoms. The highest BCUT2D eigenvalue weighted by atomic mass is 32.2. The lowest BCUT2D eigenvalue weighted by molar-refractivity contribution is -0.384. The summed E-state index contributed by atoms with van der Waals surface area (Å²) in [6.45, 7) is 3.78. The molecule has 8 nitrogen and oxygen atoms in total. The first kappa shape index (κ1) is 18.1. The number of hydrogen-bond donors (Lipinski definition) is 2. The average Bonchev–Trinajstić information content (AvgIpc) is 2.94. The van der Waals surface area contributed by atoms with E-state index in [1.165, 1.54) is 35.2 Å². The smallest absolute Gasteiger partial charge is 0.321 e. The first-order valence-corrected chi connectivity index (χ1v) is 8.97. The van der Waals surface area contributed by atoms with E-state index >= 15 is 0 Å². The second-order valence-corrected chi connectivity index (χ2v) is 7.26. The Balaban J connectivity index is 1.92. The van der Waals surface area contributed by atoms with Gasteiger partial charge < -0.3 is 5.32 Å². The number of rotatable bonds is 6. The number of hydrogen-bond acceptors (Lipinski definition) is 7. The van der Waals surface area contributed by atoms with E-state index in [1.807, 2.05) is 13.8 Å². The normalized spacial score (nSPS) is 11.9. The number of imide groups is 1. The fraction of sp³-hybridized carbons (Fsp3) is 0.357. The Morgan fingerprint density at radius 2 is 2.21 bits per heavy atom. The van der Waals surface area contributed by atoms with Crippen LogP contribution in [0.2, 0.25) is 0 Å². The lowest BCUT2D eigenvalue weighted by atomic mass is 10.3. The number of nitro benzene ring substituents is 1. The molecule has 0 saturated heterocycles. The van der Waals surface area contributed by atoms with Crippen molar-refractivity contribution in [1.29, 1.82) is 0 Å². The van der Waals surface area contributed by atoms with E-state index in [0.29, 0.717) is 14.6 Å². The standard InChI is InChI=1S/C14H16N4O4S2/c1-3-8(2)15-13(20)17-12(19)7-23-14-16-10-5-4-9(18(21)22)6-11(10)24-14/h4-6,8H,3,7H2,1-2H3,(H2,15,17,19,20)/t8-/m0/s1. The number of nitro groups is 1. The van der Waals surface area contributed by atoms with Crippen LogP contribution >= 0.6 is 23.1 Å². The van der Waals surface area contributed by atoms with Crippen molar-refractivity contribution in [2.75, 3.05) is 5.75 Å². The number of carbonyl (C=O) groups is 2. The maximum absolute atomic E-state index is 11.7. The number of benzene rings is 1. The third kappa shape index (κ3) is 4.90. The summed E-state index contributed by atoms with van der Waals surface area (Å²) in [5, 5.41) is 15.7. The minimum Gasteiger partial charge on any atom is -0.335 e. The Hall–Kier alpha value is -2.20. The highest BCUT2D eigenvalue weighted by molar-refractivity contribution is 8.01. The van der Waals surface area contributed by atoms with Crippen LogP contribution < -0.4 is 10.6 Å². The highest BCUT2D eigenvalue weighted by Crippen LogP contribution is 2.31. The number of nitrogens with zero attached hydrogens (tertiary/aromatic N) is 2. The monoisotopic (exact) mass is 368 g/mol. The fourth-order valence-electron chi connectivity index (χ4n) is 1.72. The topological polar surface area (TPSA) is 114 Å². The predicted octanol–water partition coefficient (Wildman–Crippen LogP) is 2.92. The number of urea groups is 1. The van der Waals surface area contributed by atoms with Crippen LogP contribution in [0.25, 0.3) is 10.2 Å². The number of thiazole rings is 1. The van der Waals surface area contributed by atoms with Gasteiger partial charge >= 0.3 is 6.03 Å². The van der Waals surface area contributed by atoms with Crippen molar-refractivity contribution in [1.82, 2.24) is 15.6 Å². The quantitative estimate of drug-likeness (QED) is 0.460. The van der Waals surface area contributed by atoms with Gasteiger partial charge in [0.05, 0.1) is 20.9 Å². The molecule has 2 rings (SSSR count). The molecule has 1 aromatic heterocycles. The molecule has 0 radical (unpaired) electrons. The van der Waals surface area contributed by atoms with E-state index in [-0.39, 0.29) is 17.5 Å². The Bertz CT molecular complexity index is 777. The van der Waals surface area contributed by atoms with Crippen molar-refractivity contribution in [2.24, 2.45) is 0 Å². The molecule has 1 heterocycles. The zero-order valence-corrected chi connectivity index (χ0v) is 14.7. The summed E-state index contributed by atoms with van der Waals surface area (Å²) in [5.41, 5.74) is 0.644. The molecular weight excluding hydrogens is 352 g/mol. The van der Waals surface area contributed by atoms with E-state index in [2.05, 4.69) is 15.6 Å². The molecule has 0 aliphatic carbocycles. The maximum Gasteiger partial charge on any atom is 0.321 e. The molecule has 0 aliphatic heterocycles. The molecule has 2 N–H and O–H groups in total. The second kappa shape index (κ2) is 8.06. The molecular formula is C14H16N4O4S2. The molecule has 24 heavy (non-hydrogen) atoms. The molecule has 0 spiro atoms. The van der Waals surface area contributed by atoms with Crippen LogP contribution in [0, 0.1) is 10.1 Å². The third-order valence-electron chi connectivity index (χ3n) is 3.13. The molecule has 2 aromatic rings. The summed E-state index contributed by atoms with van der Waals surface area (Å²) >= 11 is 2.45. The molecule has 1 aromatic carbocycles. The maximum atomic E-state index is 11.7. The van der Waals surface area contributed by atoms with Gasteiger partial charge in [-0.1, -0.05) is 18.7 Å². The number of aromatic nitrogens is 1. The number of non-ortho nitro benzene ring substituents is 1. The SMILES string of the molecule is CC[C@H](C)NC(=O)NC(=O)CSc1nc2ccc([N+](=O)[O-])cc2s1. The summed E-state index contributed by atoms with van der Waals surface area (Å²) in [6.07, 6.45) is 0.772. The van der Waals surface area contributed by atoms with Gasteiger partial charge in [0.15, 0.2) is 4.34 Å². The van der Waals surface area contributed by atoms with E-state index in [0.717, 1.165) is 6.42 Å². The second-order valence-electron chi connectivity index (χ2n) is 5.01. The van der Waals surface area contributed by atoms with Crippen molar-refractivity contribution in [3.05, 3.63) is 28.3 Å². The molecule has 128 valence electrons. The van der Waals surface area contributed by atoms with Crippen LogP contribution in [-0.4, -0.2) is 33.6 Å². The summed E-state index contributed by atoms with van der Waals surface area (Å²) in [5.74, 6) is -0.387. The van der Waals surface area contributed by atoms with Crippen LogP contribution in [0.15, 0.2) is 22.5 Å². The van der Waals surface area contributed by atoms with E-state index in [4.69, 9.17) is 0 Å².